The van der Waals surface area contributed by atoms with Gasteiger partial charge in [0.2, 0.25) is 0 Å². The maximum absolute atomic E-state index is 13.1. The van der Waals surface area contributed by atoms with E-state index in [4.69, 9.17) is 13.9 Å². The summed E-state index contributed by atoms with van der Waals surface area (Å²) in [5, 5.41) is 6.25. The standard InChI is InChI=1S/C24H26N2O6S/c1-3-30-16-11-8-9-14-13-17(32-20(14)16)21(27)25-23-19(22(28)26-24(29)31-4-2)15-10-6-5-7-12-18(15)33-23/h8-9,11,13H,3-7,10,12H2,1-2H3,(H,25,27)(H,26,28,29). The molecule has 1 aromatic carbocycles. The number of carbonyl (C=O) groups excluding carboxylic acids is 3. The third kappa shape index (κ3) is 4.88. The second-order valence-corrected chi connectivity index (χ2v) is 8.72. The Bertz CT molecular complexity index is 1200. The monoisotopic (exact) mass is 470 g/mol. The van der Waals surface area contributed by atoms with Crippen molar-refractivity contribution in [3.63, 3.8) is 0 Å². The molecule has 0 atom stereocenters. The SMILES string of the molecule is CCOC(=O)NC(=O)c1c(NC(=O)c2cc3cccc(OCC)c3o2)sc2c1CCCCC2. The summed E-state index contributed by atoms with van der Waals surface area (Å²) < 4.78 is 16.2. The first-order chi connectivity index (χ1) is 16.0. The number of aryl methyl sites for hydroxylation is 1. The summed E-state index contributed by atoms with van der Waals surface area (Å²) in [4.78, 5) is 39.0. The molecule has 1 aliphatic carbocycles. The van der Waals surface area contributed by atoms with E-state index in [0.717, 1.165) is 47.9 Å². The van der Waals surface area contributed by atoms with Crippen molar-refractivity contribution >= 4 is 45.2 Å². The summed E-state index contributed by atoms with van der Waals surface area (Å²) in [5.41, 5.74) is 1.70. The zero-order chi connectivity index (χ0) is 23.4. The smallest absolute Gasteiger partial charge is 0.414 e. The first-order valence-corrected chi connectivity index (χ1v) is 11.9. The number of amides is 3. The number of carbonyl (C=O) groups is 3. The number of ether oxygens (including phenoxy) is 2. The van der Waals surface area contributed by atoms with Gasteiger partial charge in [-0.25, -0.2) is 4.79 Å². The normalized spacial score (nSPS) is 13.2. The van der Waals surface area contributed by atoms with Gasteiger partial charge in [0.05, 0.1) is 18.8 Å². The quantitative estimate of drug-likeness (QED) is 0.474. The Morgan fingerprint density at radius 1 is 1.06 bits per heavy atom. The Labute approximate surface area is 195 Å². The first kappa shape index (κ1) is 22.8. The molecule has 8 nitrogen and oxygen atoms in total. The van der Waals surface area contributed by atoms with Gasteiger partial charge in [0, 0.05) is 10.3 Å². The number of para-hydroxylation sites is 1. The molecule has 0 fully saturated rings. The first-order valence-electron chi connectivity index (χ1n) is 11.1. The lowest BCUT2D eigenvalue weighted by atomic mass is 10.0. The van der Waals surface area contributed by atoms with Gasteiger partial charge in [-0.05, 0) is 57.2 Å². The zero-order valence-corrected chi connectivity index (χ0v) is 19.4. The fourth-order valence-electron chi connectivity index (χ4n) is 3.98. The Morgan fingerprint density at radius 2 is 1.88 bits per heavy atom. The molecule has 2 heterocycles. The molecule has 4 rings (SSSR count). The van der Waals surface area contributed by atoms with Crippen LogP contribution < -0.4 is 15.4 Å². The van der Waals surface area contributed by atoms with Crippen LogP contribution in [0.4, 0.5) is 9.80 Å². The molecule has 174 valence electrons. The Hall–Kier alpha value is -3.33. The summed E-state index contributed by atoms with van der Waals surface area (Å²) >= 11 is 1.37. The number of rotatable bonds is 6. The molecule has 0 radical (unpaired) electrons. The molecule has 0 aliphatic heterocycles. The van der Waals surface area contributed by atoms with Crippen LogP contribution in [0.25, 0.3) is 11.0 Å². The van der Waals surface area contributed by atoms with E-state index in [-0.39, 0.29) is 12.4 Å². The number of furan rings is 1. The summed E-state index contributed by atoms with van der Waals surface area (Å²) in [7, 11) is 0. The average molecular weight is 471 g/mol. The molecule has 33 heavy (non-hydrogen) atoms. The van der Waals surface area contributed by atoms with Crippen molar-refractivity contribution in [3.8, 4) is 5.75 Å². The summed E-state index contributed by atoms with van der Waals surface area (Å²) in [6.07, 6.45) is 3.77. The third-order valence-corrected chi connectivity index (χ3v) is 6.61. The fourth-order valence-corrected chi connectivity index (χ4v) is 5.26. The van der Waals surface area contributed by atoms with Crippen LogP contribution >= 0.6 is 11.3 Å². The van der Waals surface area contributed by atoms with Crippen molar-refractivity contribution in [2.45, 2.75) is 46.0 Å². The lowest BCUT2D eigenvalue weighted by Gasteiger charge is -2.09. The van der Waals surface area contributed by atoms with E-state index in [1.54, 1.807) is 19.1 Å². The average Bonchev–Trinajstić information content (AvgIpc) is 3.29. The van der Waals surface area contributed by atoms with Crippen molar-refractivity contribution in [1.29, 1.82) is 0 Å². The third-order valence-electron chi connectivity index (χ3n) is 5.40. The van der Waals surface area contributed by atoms with E-state index in [2.05, 4.69) is 10.6 Å². The minimum Gasteiger partial charge on any atom is -0.490 e. The second-order valence-electron chi connectivity index (χ2n) is 7.62. The second kappa shape index (κ2) is 10.1. The number of fused-ring (bicyclic) bond motifs is 2. The zero-order valence-electron chi connectivity index (χ0n) is 18.6. The molecule has 9 heteroatoms. The fraction of sp³-hybridized carbons (Fsp3) is 0.375. The van der Waals surface area contributed by atoms with E-state index < -0.39 is 17.9 Å². The predicted octanol–water partition coefficient (Wildman–Crippen LogP) is 5.30. The van der Waals surface area contributed by atoms with Crippen LogP contribution in [0, 0.1) is 0 Å². The van der Waals surface area contributed by atoms with Gasteiger partial charge < -0.3 is 19.2 Å². The van der Waals surface area contributed by atoms with Gasteiger partial charge in [-0.15, -0.1) is 11.3 Å². The van der Waals surface area contributed by atoms with Gasteiger partial charge in [0.15, 0.2) is 17.1 Å². The molecule has 0 saturated heterocycles. The molecule has 0 unspecified atom stereocenters. The van der Waals surface area contributed by atoms with Crippen LogP contribution in [0.1, 0.15) is 64.5 Å². The molecule has 2 aromatic heterocycles. The maximum Gasteiger partial charge on any atom is 0.414 e. The van der Waals surface area contributed by atoms with Crippen molar-refractivity contribution in [2.75, 3.05) is 18.5 Å². The lowest BCUT2D eigenvalue weighted by Crippen LogP contribution is -2.32. The van der Waals surface area contributed by atoms with Crippen molar-refractivity contribution in [3.05, 3.63) is 46.0 Å². The highest BCUT2D eigenvalue weighted by Crippen LogP contribution is 2.38. The lowest BCUT2D eigenvalue weighted by molar-refractivity contribution is 0.0925. The number of imide groups is 1. The van der Waals surface area contributed by atoms with Crippen LogP contribution in [0.15, 0.2) is 28.7 Å². The van der Waals surface area contributed by atoms with Crippen molar-refractivity contribution in [1.82, 2.24) is 5.32 Å². The van der Waals surface area contributed by atoms with E-state index in [0.29, 0.717) is 28.5 Å². The number of thiophene rings is 1. The van der Waals surface area contributed by atoms with Gasteiger partial charge in [0.25, 0.3) is 11.8 Å². The molecular weight excluding hydrogens is 444 g/mol. The highest BCUT2D eigenvalue weighted by Gasteiger charge is 2.28. The molecular formula is C24H26N2O6S. The minimum atomic E-state index is -0.811. The Morgan fingerprint density at radius 3 is 2.67 bits per heavy atom. The number of hydrogen-bond donors (Lipinski definition) is 2. The molecule has 1 aliphatic rings. The summed E-state index contributed by atoms with van der Waals surface area (Å²) in [6.45, 7) is 4.16. The van der Waals surface area contributed by atoms with E-state index in [9.17, 15) is 14.4 Å². The van der Waals surface area contributed by atoms with Crippen LogP contribution in [0.2, 0.25) is 0 Å². The van der Waals surface area contributed by atoms with Crippen LogP contribution in [-0.4, -0.2) is 31.1 Å². The van der Waals surface area contributed by atoms with Gasteiger partial charge in [0.1, 0.15) is 5.00 Å². The molecule has 0 spiro atoms. The van der Waals surface area contributed by atoms with Crippen LogP contribution in [0.5, 0.6) is 5.75 Å². The topological polar surface area (TPSA) is 107 Å². The van der Waals surface area contributed by atoms with E-state index >= 15 is 0 Å². The molecule has 0 saturated carbocycles. The van der Waals surface area contributed by atoms with Crippen LogP contribution in [0.3, 0.4) is 0 Å². The molecule has 3 amide bonds. The number of nitrogens with one attached hydrogen (secondary N) is 2. The Kier molecular flexibility index (Phi) is 6.98. The summed E-state index contributed by atoms with van der Waals surface area (Å²) in [6, 6.07) is 7.09. The highest BCUT2D eigenvalue weighted by atomic mass is 32.1. The van der Waals surface area contributed by atoms with E-state index in [1.807, 2.05) is 19.1 Å². The Balaban J connectivity index is 1.65. The van der Waals surface area contributed by atoms with Gasteiger partial charge >= 0.3 is 6.09 Å². The van der Waals surface area contributed by atoms with E-state index in [1.165, 1.54) is 11.3 Å². The number of anilines is 1. The van der Waals surface area contributed by atoms with Gasteiger partial charge in [-0.1, -0.05) is 18.6 Å². The highest BCUT2D eigenvalue weighted by molar-refractivity contribution is 7.17. The predicted molar refractivity (Wildman–Crippen MR) is 125 cm³/mol. The largest absolute Gasteiger partial charge is 0.490 e. The maximum atomic E-state index is 13.1. The number of hydrogen-bond acceptors (Lipinski definition) is 7. The summed E-state index contributed by atoms with van der Waals surface area (Å²) in [5.74, 6) is -0.384. The number of benzene rings is 1. The van der Waals surface area contributed by atoms with Gasteiger partial charge in [-0.3, -0.25) is 14.9 Å². The molecule has 0 bridgehead atoms. The van der Waals surface area contributed by atoms with Crippen LogP contribution in [-0.2, 0) is 17.6 Å². The van der Waals surface area contributed by atoms with Gasteiger partial charge in [-0.2, -0.15) is 0 Å². The minimum absolute atomic E-state index is 0.109. The molecule has 2 N–H and O–H groups in total. The van der Waals surface area contributed by atoms with Crippen molar-refractivity contribution < 1.29 is 28.3 Å². The van der Waals surface area contributed by atoms with Crippen molar-refractivity contribution in [2.24, 2.45) is 0 Å². The molecule has 3 aromatic rings. The number of alkyl carbamates (subject to hydrolysis) is 1.